The van der Waals surface area contributed by atoms with Gasteiger partial charge in [0.15, 0.2) is 0 Å². The highest BCUT2D eigenvalue weighted by atomic mass is 32.2. The summed E-state index contributed by atoms with van der Waals surface area (Å²) in [5.41, 5.74) is 0.782. The molecule has 38 heavy (non-hydrogen) atoms. The molecule has 1 aromatic carbocycles. The summed E-state index contributed by atoms with van der Waals surface area (Å²) in [5.74, 6) is -0.108. The van der Waals surface area contributed by atoms with Crippen molar-refractivity contribution in [3.8, 4) is 0 Å². The minimum atomic E-state index is -3.22. The van der Waals surface area contributed by atoms with Crippen LogP contribution in [0.25, 0.3) is 10.9 Å². The topological polar surface area (TPSA) is 95.0 Å². The Morgan fingerprint density at radius 1 is 1.05 bits per heavy atom. The van der Waals surface area contributed by atoms with Crippen LogP contribution in [0.15, 0.2) is 35.1 Å². The summed E-state index contributed by atoms with van der Waals surface area (Å²) in [5, 5.41) is 4.05. The van der Waals surface area contributed by atoms with Gasteiger partial charge in [-0.1, -0.05) is 18.2 Å². The number of piperazine rings is 1. The Balaban J connectivity index is 1.19. The van der Waals surface area contributed by atoms with Crippen LogP contribution < -0.4 is 10.9 Å². The van der Waals surface area contributed by atoms with Crippen LogP contribution in [0.5, 0.6) is 0 Å². The van der Waals surface area contributed by atoms with E-state index in [1.807, 2.05) is 45.2 Å². The molecule has 0 spiro atoms. The van der Waals surface area contributed by atoms with E-state index in [9.17, 15) is 18.0 Å². The molecule has 2 bridgehead atoms. The zero-order chi connectivity index (χ0) is 27.0. The number of hydrogen-bond acceptors (Lipinski definition) is 6. The summed E-state index contributed by atoms with van der Waals surface area (Å²) in [6.45, 7) is 7.41. The highest BCUT2D eigenvalue weighted by Gasteiger charge is 2.41. The molecular weight excluding hydrogens is 502 g/mol. The predicted octanol–water partition coefficient (Wildman–Crippen LogP) is 2.27. The number of rotatable bonds is 8. The van der Waals surface area contributed by atoms with Gasteiger partial charge in [0.05, 0.1) is 11.3 Å². The fourth-order valence-electron chi connectivity index (χ4n) is 6.61. The fraction of sp³-hybridized carbons (Fsp3) is 0.643. The number of hydrogen-bond donors (Lipinski definition) is 1. The second-order valence-corrected chi connectivity index (χ2v) is 13.6. The molecule has 0 aliphatic carbocycles. The summed E-state index contributed by atoms with van der Waals surface area (Å²) < 4.78 is 29.0. The van der Waals surface area contributed by atoms with Gasteiger partial charge in [0, 0.05) is 50.3 Å². The number of fused-ring (bicyclic) bond motifs is 3. The van der Waals surface area contributed by atoms with E-state index in [-0.39, 0.29) is 34.9 Å². The molecule has 3 aliphatic heterocycles. The van der Waals surface area contributed by atoms with Gasteiger partial charge in [-0.25, -0.2) is 8.42 Å². The molecule has 2 aromatic rings. The normalized spacial score (nSPS) is 25.3. The summed E-state index contributed by atoms with van der Waals surface area (Å²) in [7, 11) is -1.19. The molecule has 4 heterocycles. The second-order valence-electron chi connectivity index (χ2n) is 11.5. The summed E-state index contributed by atoms with van der Waals surface area (Å²) in [6, 6.07) is 10.0. The van der Waals surface area contributed by atoms with Crippen molar-refractivity contribution in [1.29, 1.82) is 0 Å². The van der Waals surface area contributed by atoms with Crippen molar-refractivity contribution < 1.29 is 13.2 Å². The first kappa shape index (κ1) is 27.3. The SMILES string of the molecule is CC(C)n1c(=O)c(C(=O)N[C@@H]2C[C@H]3CC[C@@H](C2)N3CCCS(=O)(=O)N2CCN(C)CC2)cc2ccccc21. The van der Waals surface area contributed by atoms with Crippen LogP contribution in [-0.2, 0) is 10.0 Å². The molecule has 9 nitrogen and oxygen atoms in total. The zero-order valence-corrected chi connectivity index (χ0v) is 23.6. The maximum Gasteiger partial charge on any atom is 0.264 e. The zero-order valence-electron chi connectivity index (χ0n) is 22.8. The van der Waals surface area contributed by atoms with E-state index >= 15 is 0 Å². The Bertz CT molecular complexity index is 1320. The molecular formula is C28H41N5O4S. The maximum absolute atomic E-state index is 13.3. The lowest BCUT2D eigenvalue weighted by Gasteiger charge is -2.39. The largest absolute Gasteiger partial charge is 0.349 e. The summed E-state index contributed by atoms with van der Waals surface area (Å²) in [4.78, 5) is 31.2. The standard InChI is InChI=1S/C28H41N5O4S/c1-20(2)33-26-8-5-4-7-21(26)17-25(28(33)35)27(34)29-22-18-23-9-10-24(19-22)32(23)11-6-16-38(36,37)31-14-12-30(3)13-15-31/h4-5,7-8,17,20,22-24H,6,9-16,18-19H2,1-3H3,(H,29,34)/t22-,23-,24+. The molecule has 0 unspecified atom stereocenters. The Kier molecular flexibility index (Phi) is 7.96. The number of aromatic nitrogens is 1. The van der Waals surface area contributed by atoms with Crippen LogP contribution >= 0.6 is 0 Å². The maximum atomic E-state index is 13.3. The van der Waals surface area contributed by atoms with Gasteiger partial charge in [0.2, 0.25) is 10.0 Å². The Labute approximate surface area is 225 Å². The molecule has 3 aliphatic rings. The van der Waals surface area contributed by atoms with Crippen molar-refractivity contribution in [3.05, 3.63) is 46.2 Å². The lowest BCUT2D eigenvalue weighted by Crippen LogP contribution is -2.51. The first-order chi connectivity index (χ1) is 18.1. The Hall–Kier alpha value is -2.27. The van der Waals surface area contributed by atoms with Crippen LogP contribution in [0, 0.1) is 0 Å². The number of sulfonamides is 1. The number of carbonyl (C=O) groups excluding carboxylic acids is 1. The number of para-hydroxylation sites is 1. The third kappa shape index (κ3) is 5.54. The van der Waals surface area contributed by atoms with Crippen molar-refractivity contribution in [3.63, 3.8) is 0 Å². The lowest BCUT2D eigenvalue weighted by molar-refractivity contribution is 0.0844. The lowest BCUT2D eigenvalue weighted by atomic mass is 9.96. The van der Waals surface area contributed by atoms with Gasteiger partial charge < -0.3 is 14.8 Å². The van der Waals surface area contributed by atoms with Gasteiger partial charge in [0.1, 0.15) is 5.56 Å². The first-order valence-electron chi connectivity index (χ1n) is 14.0. The van der Waals surface area contributed by atoms with Gasteiger partial charge in [-0.15, -0.1) is 0 Å². The van der Waals surface area contributed by atoms with Crippen LogP contribution in [0.2, 0.25) is 0 Å². The number of nitrogens with zero attached hydrogens (tertiary/aromatic N) is 4. The molecule has 3 saturated heterocycles. The monoisotopic (exact) mass is 543 g/mol. The van der Waals surface area contributed by atoms with E-state index in [1.54, 1.807) is 14.9 Å². The van der Waals surface area contributed by atoms with Gasteiger partial charge >= 0.3 is 0 Å². The van der Waals surface area contributed by atoms with E-state index in [1.165, 1.54) is 0 Å². The van der Waals surface area contributed by atoms with Crippen molar-refractivity contribution in [2.45, 2.75) is 70.1 Å². The average Bonchev–Trinajstić information content (AvgIpc) is 3.11. The fourth-order valence-corrected chi connectivity index (χ4v) is 8.08. The van der Waals surface area contributed by atoms with Crippen molar-refractivity contribution in [2.24, 2.45) is 0 Å². The highest BCUT2D eigenvalue weighted by Crippen LogP contribution is 2.36. The third-order valence-electron chi connectivity index (χ3n) is 8.60. The van der Waals surface area contributed by atoms with Crippen LogP contribution in [0.3, 0.4) is 0 Å². The van der Waals surface area contributed by atoms with Gasteiger partial charge in [0.25, 0.3) is 11.5 Å². The van der Waals surface area contributed by atoms with Crippen LogP contribution in [0.4, 0.5) is 0 Å². The van der Waals surface area contributed by atoms with E-state index in [0.717, 1.165) is 56.2 Å². The number of benzene rings is 1. The average molecular weight is 544 g/mol. The number of carbonyl (C=O) groups is 1. The van der Waals surface area contributed by atoms with Gasteiger partial charge in [-0.05, 0) is 77.1 Å². The minimum Gasteiger partial charge on any atom is -0.349 e. The number of nitrogens with one attached hydrogen (secondary N) is 1. The Morgan fingerprint density at radius 3 is 2.37 bits per heavy atom. The van der Waals surface area contributed by atoms with E-state index in [2.05, 4.69) is 15.1 Å². The van der Waals surface area contributed by atoms with Gasteiger partial charge in [-0.3, -0.25) is 14.5 Å². The summed E-state index contributed by atoms with van der Waals surface area (Å²) in [6.07, 6.45) is 4.43. The van der Waals surface area contributed by atoms with Crippen molar-refractivity contribution in [2.75, 3.05) is 45.5 Å². The number of likely N-dealkylation sites (N-methyl/N-ethyl adjacent to an activating group) is 1. The molecule has 0 saturated carbocycles. The molecule has 1 amide bonds. The van der Waals surface area contributed by atoms with Crippen molar-refractivity contribution in [1.82, 2.24) is 24.0 Å². The Morgan fingerprint density at radius 2 is 1.71 bits per heavy atom. The molecule has 10 heteroatoms. The quantitative estimate of drug-likeness (QED) is 0.549. The molecule has 3 fully saturated rings. The smallest absolute Gasteiger partial charge is 0.264 e. The summed E-state index contributed by atoms with van der Waals surface area (Å²) >= 11 is 0. The van der Waals surface area contributed by atoms with Crippen LogP contribution in [-0.4, -0.2) is 96.6 Å². The first-order valence-corrected chi connectivity index (χ1v) is 15.6. The third-order valence-corrected chi connectivity index (χ3v) is 10.6. The molecule has 0 radical (unpaired) electrons. The second kappa shape index (κ2) is 11.1. The van der Waals surface area contributed by atoms with Crippen LogP contribution in [0.1, 0.15) is 62.4 Å². The highest BCUT2D eigenvalue weighted by molar-refractivity contribution is 7.89. The molecule has 5 rings (SSSR count). The number of amides is 1. The predicted molar refractivity (Wildman–Crippen MR) is 150 cm³/mol. The molecule has 3 atom stereocenters. The van der Waals surface area contributed by atoms with E-state index in [4.69, 9.17) is 0 Å². The van der Waals surface area contributed by atoms with Crippen molar-refractivity contribution >= 4 is 26.8 Å². The van der Waals surface area contributed by atoms with E-state index in [0.29, 0.717) is 31.6 Å². The molecule has 1 N–H and O–H groups in total. The van der Waals surface area contributed by atoms with E-state index < -0.39 is 10.0 Å². The molecule has 1 aromatic heterocycles. The number of piperidine rings is 1. The number of pyridine rings is 1. The van der Waals surface area contributed by atoms with Gasteiger partial charge in [-0.2, -0.15) is 4.31 Å². The minimum absolute atomic E-state index is 0.0173. The molecule has 208 valence electrons.